The number of ether oxygens (including phenoxy) is 1. The van der Waals surface area contributed by atoms with Crippen LogP contribution in [0.5, 0.6) is 5.75 Å². The van der Waals surface area contributed by atoms with Gasteiger partial charge in [0.1, 0.15) is 5.75 Å². The lowest BCUT2D eigenvalue weighted by Gasteiger charge is -2.22. The first kappa shape index (κ1) is 18.2. The number of para-hydroxylation sites is 1. The molecule has 0 atom stereocenters. The second kappa shape index (κ2) is 8.69. The summed E-state index contributed by atoms with van der Waals surface area (Å²) in [7, 11) is 0. The molecule has 4 rings (SSSR count). The van der Waals surface area contributed by atoms with Crippen molar-refractivity contribution in [3.8, 4) is 28.6 Å². The minimum Gasteiger partial charge on any atom is -0.483 e. The molecule has 1 aliphatic carbocycles. The van der Waals surface area contributed by atoms with Crippen molar-refractivity contribution in [2.45, 2.75) is 38.1 Å². The fourth-order valence-electron chi connectivity index (χ4n) is 3.47. The van der Waals surface area contributed by atoms with Crippen LogP contribution in [-0.4, -0.2) is 28.7 Å². The van der Waals surface area contributed by atoms with Crippen molar-refractivity contribution in [2.24, 2.45) is 0 Å². The van der Waals surface area contributed by atoms with E-state index in [1.807, 2.05) is 48.5 Å². The fraction of sp³-hybridized carbons (Fsp3) is 0.318. The number of rotatable bonds is 6. The highest BCUT2D eigenvalue weighted by atomic mass is 16.5. The van der Waals surface area contributed by atoms with E-state index in [1.54, 1.807) is 6.07 Å². The van der Waals surface area contributed by atoms with Gasteiger partial charge in [0.15, 0.2) is 6.61 Å². The van der Waals surface area contributed by atoms with Crippen LogP contribution in [0.1, 0.15) is 32.1 Å². The molecule has 0 saturated heterocycles. The molecule has 0 radical (unpaired) electrons. The van der Waals surface area contributed by atoms with E-state index in [0.29, 0.717) is 23.0 Å². The number of nitrogens with zero attached hydrogens (tertiary/aromatic N) is 2. The first-order chi connectivity index (χ1) is 13.8. The maximum Gasteiger partial charge on any atom is 0.262 e. The molecule has 6 nitrogen and oxygen atoms in total. The lowest BCUT2D eigenvalue weighted by Crippen LogP contribution is -2.39. The Morgan fingerprint density at radius 3 is 2.61 bits per heavy atom. The van der Waals surface area contributed by atoms with Crippen molar-refractivity contribution in [1.29, 1.82) is 0 Å². The highest BCUT2D eigenvalue weighted by molar-refractivity contribution is 5.78. The molecule has 144 valence electrons. The minimum atomic E-state index is -0.0998. The zero-order valence-corrected chi connectivity index (χ0v) is 15.6. The van der Waals surface area contributed by atoms with Gasteiger partial charge in [0.25, 0.3) is 11.8 Å². The second-order valence-corrected chi connectivity index (χ2v) is 6.98. The minimum absolute atomic E-state index is 0.0345. The van der Waals surface area contributed by atoms with Gasteiger partial charge in [0, 0.05) is 11.6 Å². The van der Waals surface area contributed by atoms with Crippen LogP contribution in [0.25, 0.3) is 22.8 Å². The fourth-order valence-corrected chi connectivity index (χ4v) is 3.47. The smallest absolute Gasteiger partial charge is 0.262 e. The molecule has 1 heterocycles. The van der Waals surface area contributed by atoms with Gasteiger partial charge < -0.3 is 14.6 Å². The lowest BCUT2D eigenvalue weighted by molar-refractivity contribution is -0.124. The third kappa shape index (κ3) is 4.39. The first-order valence-corrected chi connectivity index (χ1v) is 9.70. The van der Waals surface area contributed by atoms with Crippen LogP contribution in [0.3, 0.4) is 0 Å². The summed E-state index contributed by atoms with van der Waals surface area (Å²) < 4.78 is 11.2. The molecule has 0 bridgehead atoms. The maximum atomic E-state index is 12.2. The summed E-state index contributed by atoms with van der Waals surface area (Å²) in [4.78, 5) is 16.7. The molecule has 1 N–H and O–H groups in total. The van der Waals surface area contributed by atoms with Crippen LogP contribution in [-0.2, 0) is 4.79 Å². The highest BCUT2D eigenvalue weighted by Gasteiger charge is 2.18. The van der Waals surface area contributed by atoms with Crippen LogP contribution < -0.4 is 10.1 Å². The molecule has 0 spiro atoms. The summed E-state index contributed by atoms with van der Waals surface area (Å²) in [5.41, 5.74) is 1.55. The van der Waals surface area contributed by atoms with Gasteiger partial charge in [-0.1, -0.05) is 66.9 Å². The van der Waals surface area contributed by atoms with E-state index in [9.17, 15) is 4.79 Å². The summed E-state index contributed by atoms with van der Waals surface area (Å²) in [6, 6.07) is 17.3. The molecule has 2 aromatic carbocycles. The van der Waals surface area contributed by atoms with Gasteiger partial charge in [-0.05, 0) is 25.0 Å². The molecule has 6 heteroatoms. The standard InChI is InChI=1S/C22H23N3O3/c26-20(23-17-11-5-2-6-12-17)15-27-19-14-8-7-13-18(19)22-24-21(25-28-22)16-9-3-1-4-10-16/h1,3-4,7-10,13-14,17H,2,5-6,11-12,15H2,(H,23,26). The summed E-state index contributed by atoms with van der Waals surface area (Å²) in [5, 5.41) is 7.11. The number of carbonyl (C=O) groups is 1. The molecule has 3 aromatic rings. The van der Waals surface area contributed by atoms with Gasteiger partial charge in [-0.2, -0.15) is 4.98 Å². The van der Waals surface area contributed by atoms with Gasteiger partial charge in [-0.25, -0.2) is 0 Å². The Kier molecular flexibility index (Phi) is 5.66. The quantitative estimate of drug-likeness (QED) is 0.695. The van der Waals surface area contributed by atoms with Gasteiger partial charge in [0.05, 0.1) is 5.56 Å². The zero-order valence-electron chi connectivity index (χ0n) is 15.6. The van der Waals surface area contributed by atoms with E-state index in [1.165, 1.54) is 19.3 Å². The number of hydrogen-bond donors (Lipinski definition) is 1. The van der Waals surface area contributed by atoms with Crippen molar-refractivity contribution in [2.75, 3.05) is 6.61 Å². The van der Waals surface area contributed by atoms with Crippen molar-refractivity contribution in [3.05, 3.63) is 54.6 Å². The monoisotopic (exact) mass is 377 g/mol. The average molecular weight is 377 g/mol. The maximum absolute atomic E-state index is 12.2. The van der Waals surface area contributed by atoms with Crippen molar-refractivity contribution >= 4 is 5.91 Å². The summed E-state index contributed by atoms with van der Waals surface area (Å²) in [6.45, 7) is -0.0345. The van der Waals surface area contributed by atoms with E-state index in [2.05, 4.69) is 15.5 Å². The van der Waals surface area contributed by atoms with E-state index in [-0.39, 0.29) is 18.6 Å². The Bertz CT molecular complexity index is 918. The molecule has 1 saturated carbocycles. The molecule has 0 unspecified atom stereocenters. The molecule has 1 fully saturated rings. The van der Waals surface area contributed by atoms with Crippen molar-refractivity contribution in [3.63, 3.8) is 0 Å². The van der Waals surface area contributed by atoms with E-state index in [4.69, 9.17) is 9.26 Å². The summed E-state index contributed by atoms with van der Waals surface area (Å²) in [5.74, 6) is 1.32. The molecule has 28 heavy (non-hydrogen) atoms. The lowest BCUT2D eigenvalue weighted by atomic mass is 9.95. The van der Waals surface area contributed by atoms with E-state index >= 15 is 0 Å². The Labute approximate surface area is 163 Å². The molecule has 1 aromatic heterocycles. The molecular formula is C22H23N3O3. The second-order valence-electron chi connectivity index (χ2n) is 6.98. The number of aromatic nitrogens is 2. The van der Waals surface area contributed by atoms with Crippen LogP contribution >= 0.6 is 0 Å². The number of amides is 1. The van der Waals surface area contributed by atoms with Crippen LogP contribution in [0, 0.1) is 0 Å². The van der Waals surface area contributed by atoms with Gasteiger partial charge >= 0.3 is 0 Å². The Hall–Kier alpha value is -3.15. The molecule has 1 aliphatic rings. The van der Waals surface area contributed by atoms with Crippen molar-refractivity contribution < 1.29 is 14.1 Å². The highest BCUT2D eigenvalue weighted by Crippen LogP contribution is 2.30. The molecule has 0 aliphatic heterocycles. The Morgan fingerprint density at radius 1 is 1.04 bits per heavy atom. The largest absolute Gasteiger partial charge is 0.483 e. The average Bonchev–Trinajstić information content (AvgIpc) is 3.24. The van der Waals surface area contributed by atoms with Crippen LogP contribution in [0.2, 0.25) is 0 Å². The summed E-state index contributed by atoms with van der Waals surface area (Å²) >= 11 is 0. The van der Waals surface area contributed by atoms with Gasteiger partial charge in [0.2, 0.25) is 5.82 Å². The SMILES string of the molecule is O=C(COc1ccccc1-c1nc(-c2ccccc2)no1)NC1CCCCC1. The third-order valence-electron chi connectivity index (χ3n) is 4.90. The Morgan fingerprint density at radius 2 is 1.79 bits per heavy atom. The number of nitrogens with one attached hydrogen (secondary N) is 1. The predicted molar refractivity (Wildman–Crippen MR) is 106 cm³/mol. The van der Waals surface area contributed by atoms with Gasteiger partial charge in [-0.15, -0.1) is 0 Å². The summed E-state index contributed by atoms with van der Waals surface area (Å²) in [6.07, 6.45) is 5.70. The Balaban J connectivity index is 1.44. The zero-order chi connectivity index (χ0) is 19.2. The van der Waals surface area contributed by atoms with Gasteiger partial charge in [-0.3, -0.25) is 4.79 Å². The first-order valence-electron chi connectivity index (χ1n) is 9.70. The number of carbonyl (C=O) groups excluding carboxylic acids is 1. The van der Waals surface area contributed by atoms with Crippen LogP contribution in [0.4, 0.5) is 0 Å². The molecule has 1 amide bonds. The van der Waals surface area contributed by atoms with Crippen LogP contribution in [0.15, 0.2) is 59.1 Å². The van der Waals surface area contributed by atoms with E-state index < -0.39 is 0 Å². The normalized spacial score (nSPS) is 14.6. The predicted octanol–water partition coefficient (Wildman–Crippen LogP) is 4.23. The van der Waals surface area contributed by atoms with Crippen molar-refractivity contribution in [1.82, 2.24) is 15.5 Å². The third-order valence-corrected chi connectivity index (χ3v) is 4.90. The molecular weight excluding hydrogens is 354 g/mol. The van der Waals surface area contributed by atoms with E-state index in [0.717, 1.165) is 18.4 Å². The number of benzene rings is 2. The topological polar surface area (TPSA) is 77.2 Å². The number of hydrogen-bond acceptors (Lipinski definition) is 5.